The first-order valence-electron chi connectivity index (χ1n) is 13.3. The molecule has 1 amide bonds. The molecule has 0 saturated heterocycles. The van der Waals surface area contributed by atoms with Gasteiger partial charge >= 0.3 is 0 Å². The number of rotatable bonds is 6. The maximum Gasteiger partial charge on any atom is 0.291 e. The number of hydrogen-bond acceptors (Lipinski definition) is 7. The second kappa shape index (κ2) is 10.5. The van der Waals surface area contributed by atoms with E-state index in [0.717, 1.165) is 74.4 Å². The second-order valence-electron chi connectivity index (χ2n) is 10.1. The summed E-state index contributed by atoms with van der Waals surface area (Å²) in [5, 5.41) is 20.2. The SMILES string of the molecule is Cc1c(NC(=O)c2nc3c(n2C)CCNC3)cccc1-c1cccc(Nc2nccc3cc(CO)cnc23)c1C. The fourth-order valence-corrected chi connectivity index (χ4v) is 5.37. The number of aliphatic hydroxyl groups excluding tert-OH is 1. The number of imidazole rings is 1. The molecule has 1 aliphatic heterocycles. The second-order valence-corrected chi connectivity index (χ2v) is 10.1. The Morgan fingerprint density at radius 3 is 2.55 bits per heavy atom. The summed E-state index contributed by atoms with van der Waals surface area (Å²) in [5.41, 5.74) is 9.29. The Morgan fingerprint density at radius 1 is 1.05 bits per heavy atom. The van der Waals surface area contributed by atoms with Crippen molar-refractivity contribution in [2.75, 3.05) is 17.2 Å². The predicted molar refractivity (Wildman–Crippen MR) is 157 cm³/mol. The smallest absolute Gasteiger partial charge is 0.291 e. The average molecular weight is 534 g/mol. The molecule has 0 radical (unpaired) electrons. The maximum absolute atomic E-state index is 13.3. The van der Waals surface area contributed by atoms with Gasteiger partial charge in [0.15, 0.2) is 11.6 Å². The first-order valence-corrected chi connectivity index (χ1v) is 13.3. The highest BCUT2D eigenvalue weighted by Crippen LogP contribution is 2.35. The van der Waals surface area contributed by atoms with Crippen LogP contribution in [0.2, 0.25) is 0 Å². The molecule has 4 N–H and O–H groups in total. The van der Waals surface area contributed by atoms with Gasteiger partial charge in [-0.15, -0.1) is 0 Å². The standard InChI is InChI=1S/C31H31N7O2/c1-18-22(6-4-8-24(18)35-29-28-21(10-13-33-29)14-20(17-39)15-34-28)23-7-5-9-25(19(23)2)37-31(40)30-36-26-16-32-12-11-27(26)38(30)3/h4-10,13-15,32,39H,11-12,16-17H2,1-3H3,(H,33,35)(H,37,40). The third kappa shape index (κ3) is 4.59. The van der Waals surface area contributed by atoms with Gasteiger partial charge in [-0.25, -0.2) is 9.97 Å². The first-order chi connectivity index (χ1) is 19.4. The van der Waals surface area contributed by atoms with Gasteiger partial charge in [-0.05, 0) is 65.9 Å². The minimum atomic E-state index is -0.219. The van der Waals surface area contributed by atoms with Crippen LogP contribution in [0.5, 0.6) is 0 Å². The van der Waals surface area contributed by atoms with E-state index in [0.29, 0.717) is 18.2 Å². The number of carbonyl (C=O) groups excluding carboxylic acids is 1. The van der Waals surface area contributed by atoms with Crippen LogP contribution >= 0.6 is 0 Å². The van der Waals surface area contributed by atoms with Crippen LogP contribution in [0.1, 0.15) is 38.7 Å². The minimum absolute atomic E-state index is 0.0602. The van der Waals surface area contributed by atoms with Crippen LogP contribution in [0, 0.1) is 13.8 Å². The van der Waals surface area contributed by atoms with Gasteiger partial charge in [-0.2, -0.15) is 0 Å². The van der Waals surface area contributed by atoms with Crippen molar-refractivity contribution in [3.05, 3.63) is 94.8 Å². The lowest BCUT2D eigenvalue weighted by molar-refractivity contribution is 0.101. The lowest BCUT2D eigenvalue weighted by Gasteiger charge is -2.17. The van der Waals surface area contributed by atoms with Gasteiger partial charge in [-0.1, -0.05) is 24.3 Å². The van der Waals surface area contributed by atoms with E-state index in [4.69, 9.17) is 0 Å². The van der Waals surface area contributed by atoms with Crippen molar-refractivity contribution in [1.29, 1.82) is 0 Å². The fraction of sp³-hybridized carbons (Fsp3) is 0.226. The third-order valence-electron chi connectivity index (χ3n) is 7.63. The van der Waals surface area contributed by atoms with E-state index in [1.807, 2.05) is 54.9 Å². The molecule has 4 heterocycles. The van der Waals surface area contributed by atoms with Crippen molar-refractivity contribution < 1.29 is 9.90 Å². The monoisotopic (exact) mass is 533 g/mol. The lowest BCUT2D eigenvalue weighted by atomic mass is 9.94. The van der Waals surface area contributed by atoms with Gasteiger partial charge in [0, 0.05) is 61.4 Å². The Labute approximate surface area is 232 Å². The van der Waals surface area contributed by atoms with Crippen LogP contribution in [0.4, 0.5) is 17.2 Å². The van der Waals surface area contributed by atoms with Crippen LogP contribution in [0.15, 0.2) is 60.9 Å². The number of aromatic nitrogens is 4. The normalized spacial score (nSPS) is 12.8. The number of nitrogens with one attached hydrogen (secondary N) is 3. The topological polar surface area (TPSA) is 117 Å². The predicted octanol–water partition coefficient (Wildman–Crippen LogP) is 4.78. The summed E-state index contributed by atoms with van der Waals surface area (Å²) in [7, 11) is 1.91. The molecule has 202 valence electrons. The number of aliphatic hydroxyl groups is 1. The van der Waals surface area contributed by atoms with Gasteiger partial charge in [0.2, 0.25) is 0 Å². The van der Waals surface area contributed by atoms with Crippen molar-refractivity contribution in [2.45, 2.75) is 33.4 Å². The van der Waals surface area contributed by atoms with Crippen molar-refractivity contribution in [2.24, 2.45) is 7.05 Å². The molecule has 5 aromatic rings. The van der Waals surface area contributed by atoms with Gasteiger partial charge < -0.3 is 25.6 Å². The van der Waals surface area contributed by atoms with Gasteiger partial charge in [0.05, 0.1) is 12.3 Å². The van der Waals surface area contributed by atoms with Crippen LogP contribution in [0.3, 0.4) is 0 Å². The number of amides is 1. The van der Waals surface area contributed by atoms with Crippen LogP contribution < -0.4 is 16.0 Å². The van der Waals surface area contributed by atoms with E-state index < -0.39 is 0 Å². The summed E-state index contributed by atoms with van der Waals surface area (Å²) >= 11 is 0. The zero-order chi connectivity index (χ0) is 27.8. The minimum Gasteiger partial charge on any atom is -0.392 e. The molecule has 0 atom stereocenters. The maximum atomic E-state index is 13.3. The molecule has 0 aliphatic carbocycles. The molecule has 2 aromatic carbocycles. The summed E-state index contributed by atoms with van der Waals surface area (Å²) in [6.07, 6.45) is 4.26. The van der Waals surface area contributed by atoms with E-state index in [2.05, 4.69) is 50.0 Å². The molecule has 0 spiro atoms. The molecular weight excluding hydrogens is 502 g/mol. The molecule has 40 heavy (non-hydrogen) atoms. The molecule has 9 heteroatoms. The summed E-state index contributed by atoms with van der Waals surface area (Å²) < 4.78 is 1.91. The number of benzene rings is 2. The lowest BCUT2D eigenvalue weighted by Crippen LogP contribution is -2.24. The highest BCUT2D eigenvalue weighted by Gasteiger charge is 2.22. The number of fused-ring (bicyclic) bond motifs is 2. The molecule has 0 bridgehead atoms. The fourth-order valence-electron chi connectivity index (χ4n) is 5.37. The highest BCUT2D eigenvalue weighted by atomic mass is 16.3. The number of nitrogens with zero attached hydrogens (tertiary/aromatic N) is 4. The van der Waals surface area contributed by atoms with Gasteiger partial charge in [0.1, 0.15) is 5.52 Å². The molecule has 0 fully saturated rings. The molecule has 1 aliphatic rings. The Kier molecular flexibility index (Phi) is 6.75. The molecule has 0 saturated carbocycles. The van der Waals surface area contributed by atoms with Gasteiger partial charge in [-0.3, -0.25) is 9.78 Å². The Balaban J connectivity index is 1.30. The number of pyridine rings is 2. The van der Waals surface area contributed by atoms with Crippen LogP contribution in [-0.4, -0.2) is 37.1 Å². The quantitative estimate of drug-likeness (QED) is 0.248. The Bertz CT molecular complexity index is 1760. The largest absolute Gasteiger partial charge is 0.392 e. The number of hydrogen-bond donors (Lipinski definition) is 4. The summed E-state index contributed by atoms with van der Waals surface area (Å²) in [6, 6.07) is 15.8. The van der Waals surface area contributed by atoms with E-state index in [-0.39, 0.29) is 12.5 Å². The molecule has 0 unspecified atom stereocenters. The summed E-state index contributed by atoms with van der Waals surface area (Å²) in [6.45, 7) is 5.60. The van der Waals surface area contributed by atoms with E-state index in [9.17, 15) is 9.90 Å². The van der Waals surface area contributed by atoms with E-state index >= 15 is 0 Å². The zero-order valence-electron chi connectivity index (χ0n) is 22.7. The Morgan fingerprint density at radius 2 is 1.80 bits per heavy atom. The highest BCUT2D eigenvalue weighted by molar-refractivity contribution is 6.03. The van der Waals surface area contributed by atoms with Crippen molar-refractivity contribution >= 4 is 34.0 Å². The molecular formula is C31H31N7O2. The molecule has 9 nitrogen and oxygen atoms in total. The summed E-state index contributed by atoms with van der Waals surface area (Å²) in [5.74, 6) is 0.847. The van der Waals surface area contributed by atoms with E-state index in [1.54, 1.807) is 12.4 Å². The van der Waals surface area contributed by atoms with Crippen molar-refractivity contribution in [1.82, 2.24) is 24.8 Å². The number of anilines is 3. The van der Waals surface area contributed by atoms with Crippen molar-refractivity contribution in [3.8, 4) is 11.1 Å². The average Bonchev–Trinajstić information content (AvgIpc) is 3.32. The zero-order valence-corrected chi connectivity index (χ0v) is 22.7. The van der Waals surface area contributed by atoms with Crippen LogP contribution in [0.25, 0.3) is 22.0 Å². The molecule has 3 aromatic heterocycles. The Hall–Kier alpha value is -4.60. The number of carbonyl (C=O) groups is 1. The van der Waals surface area contributed by atoms with Gasteiger partial charge in [0.25, 0.3) is 5.91 Å². The summed E-state index contributed by atoms with van der Waals surface area (Å²) in [4.78, 5) is 26.9. The van der Waals surface area contributed by atoms with Crippen LogP contribution in [-0.2, 0) is 26.6 Å². The van der Waals surface area contributed by atoms with E-state index in [1.165, 1.54) is 0 Å². The first kappa shape index (κ1) is 25.7. The van der Waals surface area contributed by atoms with Crippen molar-refractivity contribution in [3.63, 3.8) is 0 Å². The molecule has 6 rings (SSSR count). The third-order valence-corrected chi connectivity index (χ3v) is 7.63.